The second kappa shape index (κ2) is 11.2. The Kier molecular flexibility index (Phi) is 8.32. The lowest BCUT2D eigenvalue weighted by atomic mass is 9.96. The number of aromatic nitrogens is 2. The summed E-state index contributed by atoms with van der Waals surface area (Å²) in [5, 5.41) is 3.03. The Balaban J connectivity index is 1.49. The quantitative estimate of drug-likeness (QED) is 0.394. The van der Waals surface area contributed by atoms with Gasteiger partial charge in [-0.2, -0.15) is 0 Å². The number of nitrogens with one attached hydrogen (secondary N) is 1. The van der Waals surface area contributed by atoms with Crippen LogP contribution in [-0.2, 0) is 17.8 Å². The fraction of sp³-hybridized carbons (Fsp3) is 0.481. The predicted octanol–water partition coefficient (Wildman–Crippen LogP) is 5.69. The van der Waals surface area contributed by atoms with Gasteiger partial charge in [0.2, 0.25) is 5.91 Å². The number of para-hydroxylation sites is 2. The Morgan fingerprint density at radius 2 is 1.75 bits per heavy atom. The number of hydrogen-bond acceptors (Lipinski definition) is 3. The van der Waals surface area contributed by atoms with Crippen LogP contribution >= 0.6 is 0 Å². The first-order chi connectivity index (χ1) is 15.3. The van der Waals surface area contributed by atoms with Crippen LogP contribution in [0.25, 0.3) is 11.0 Å². The van der Waals surface area contributed by atoms with E-state index in [2.05, 4.69) is 47.1 Å². The lowest BCUT2D eigenvalue weighted by molar-refractivity contribution is -0.128. The van der Waals surface area contributed by atoms with Gasteiger partial charge in [-0.3, -0.25) is 4.79 Å². The maximum absolute atomic E-state index is 12.0. The molecule has 32 heavy (non-hydrogen) atoms. The number of rotatable bonds is 11. The van der Waals surface area contributed by atoms with Gasteiger partial charge in [0.05, 0.1) is 17.6 Å². The molecule has 0 radical (unpaired) electrons. The molecule has 1 N–H and O–H groups in total. The van der Waals surface area contributed by atoms with Gasteiger partial charge < -0.3 is 14.6 Å². The number of hydrogen-bond donors (Lipinski definition) is 1. The largest absolute Gasteiger partial charge is 0.494 e. The molecule has 0 unspecified atom stereocenters. The third kappa shape index (κ3) is 6.84. The number of unbranched alkanes of at least 4 members (excludes halogenated alkanes) is 2. The van der Waals surface area contributed by atoms with E-state index >= 15 is 0 Å². The Morgan fingerprint density at radius 1 is 1.00 bits per heavy atom. The van der Waals surface area contributed by atoms with Gasteiger partial charge in [-0.05, 0) is 50.5 Å². The maximum Gasteiger partial charge on any atom is 0.225 e. The highest BCUT2D eigenvalue weighted by Gasteiger charge is 2.20. The van der Waals surface area contributed by atoms with Crippen molar-refractivity contribution < 1.29 is 9.53 Å². The lowest BCUT2D eigenvalue weighted by Crippen LogP contribution is -2.35. The lowest BCUT2D eigenvalue weighted by Gasteiger charge is -2.17. The molecule has 1 aromatic heterocycles. The van der Waals surface area contributed by atoms with Crippen molar-refractivity contribution in [1.82, 2.24) is 14.9 Å². The molecule has 3 aromatic rings. The molecule has 0 spiro atoms. The van der Waals surface area contributed by atoms with Crippen molar-refractivity contribution in [3.63, 3.8) is 0 Å². The third-order valence-electron chi connectivity index (χ3n) is 5.59. The Bertz CT molecular complexity index is 1000. The molecule has 0 bridgehead atoms. The molecule has 3 rings (SSSR count). The molecule has 0 fully saturated rings. The summed E-state index contributed by atoms with van der Waals surface area (Å²) in [7, 11) is 0. The van der Waals surface area contributed by atoms with Crippen molar-refractivity contribution in [3.05, 3.63) is 59.9 Å². The zero-order valence-corrected chi connectivity index (χ0v) is 20.0. The topological polar surface area (TPSA) is 56.1 Å². The molecule has 5 nitrogen and oxygen atoms in total. The van der Waals surface area contributed by atoms with Crippen molar-refractivity contribution in [1.29, 1.82) is 0 Å². The Labute approximate surface area is 192 Å². The number of imidazole rings is 1. The first-order valence-electron chi connectivity index (χ1n) is 11.8. The monoisotopic (exact) mass is 435 g/mol. The van der Waals surface area contributed by atoms with Gasteiger partial charge in [-0.1, -0.05) is 57.0 Å². The van der Waals surface area contributed by atoms with Crippen molar-refractivity contribution in [3.8, 4) is 5.75 Å². The second-order valence-corrected chi connectivity index (χ2v) is 9.50. The van der Waals surface area contributed by atoms with Crippen LogP contribution in [-0.4, -0.2) is 28.6 Å². The van der Waals surface area contributed by atoms with E-state index in [-0.39, 0.29) is 11.3 Å². The average Bonchev–Trinajstić information content (AvgIpc) is 3.11. The molecule has 5 heteroatoms. The molecular formula is C27H37N3O2. The number of nitrogens with zero attached hydrogens (tertiary/aromatic N) is 2. The van der Waals surface area contributed by atoms with Crippen molar-refractivity contribution >= 4 is 16.9 Å². The highest BCUT2D eigenvalue weighted by atomic mass is 16.5. The van der Waals surface area contributed by atoms with E-state index in [9.17, 15) is 4.79 Å². The summed E-state index contributed by atoms with van der Waals surface area (Å²) in [6.45, 7) is 10.2. The first kappa shape index (κ1) is 23.8. The van der Waals surface area contributed by atoms with Crippen LogP contribution in [0.1, 0.15) is 57.8 Å². The van der Waals surface area contributed by atoms with Gasteiger partial charge in [0, 0.05) is 24.9 Å². The molecule has 0 atom stereocenters. The van der Waals surface area contributed by atoms with E-state index in [4.69, 9.17) is 9.72 Å². The highest BCUT2D eigenvalue weighted by molar-refractivity contribution is 5.81. The highest BCUT2D eigenvalue weighted by Crippen LogP contribution is 2.19. The summed E-state index contributed by atoms with van der Waals surface area (Å²) < 4.78 is 8.25. The van der Waals surface area contributed by atoms with Crippen LogP contribution < -0.4 is 10.1 Å². The Morgan fingerprint density at radius 3 is 2.50 bits per heavy atom. The number of benzene rings is 2. The third-order valence-corrected chi connectivity index (χ3v) is 5.59. The molecule has 0 aliphatic rings. The van der Waals surface area contributed by atoms with Crippen molar-refractivity contribution in [2.45, 2.75) is 66.3 Å². The molecule has 1 amide bonds. The van der Waals surface area contributed by atoms with Crippen LogP contribution in [0.2, 0.25) is 0 Å². The van der Waals surface area contributed by atoms with Gasteiger partial charge >= 0.3 is 0 Å². The predicted molar refractivity (Wildman–Crippen MR) is 131 cm³/mol. The van der Waals surface area contributed by atoms with Gasteiger partial charge in [-0.25, -0.2) is 4.98 Å². The molecule has 2 aromatic carbocycles. The zero-order chi connectivity index (χ0) is 23.0. The number of fused-ring (bicyclic) bond motifs is 1. The average molecular weight is 436 g/mol. The zero-order valence-electron chi connectivity index (χ0n) is 20.0. The summed E-state index contributed by atoms with van der Waals surface area (Å²) in [6.07, 6.45) is 5.01. The van der Waals surface area contributed by atoms with Crippen LogP contribution in [0.15, 0.2) is 48.5 Å². The van der Waals surface area contributed by atoms with Crippen LogP contribution in [0, 0.1) is 12.3 Å². The van der Waals surface area contributed by atoms with Gasteiger partial charge in [0.1, 0.15) is 11.6 Å². The number of amides is 1. The van der Waals surface area contributed by atoms with Crippen LogP contribution in [0.4, 0.5) is 0 Å². The van der Waals surface area contributed by atoms with Crippen LogP contribution in [0.3, 0.4) is 0 Å². The fourth-order valence-corrected chi connectivity index (χ4v) is 3.66. The Hall–Kier alpha value is -2.82. The van der Waals surface area contributed by atoms with Gasteiger partial charge in [0.15, 0.2) is 0 Å². The minimum absolute atomic E-state index is 0.118. The summed E-state index contributed by atoms with van der Waals surface area (Å²) >= 11 is 0. The van der Waals surface area contributed by atoms with Gasteiger partial charge in [0.25, 0.3) is 0 Å². The molecule has 172 valence electrons. The number of carbonyl (C=O) groups excluding carboxylic acids is 1. The molecule has 0 saturated heterocycles. The van der Waals surface area contributed by atoms with E-state index in [0.717, 1.165) is 62.3 Å². The first-order valence-corrected chi connectivity index (χ1v) is 11.8. The van der Waals surface area contributed by atoms with Crippen LogP contribution in [0.5, 0.6) is 5.75 Å². The van der Waals surface area contributed by atoms with Crippen molar-refractivity contribution in [2.75, 3.05) is 13.2 Å². The van der Waals surface area contributed by atoms with E-state index in [1.54, 1.807) is 0 Å². The molecule has 0 saturated carbocycles. The standard InChI is InChI=1S/C27H37N3O2/c1-21-14-16-22(17-15-21)32-20-10-19-30-24-12-8-7-11-23(24)29-25(30)13-6-5-9-18-28-26(31)27(2,3)4/h7-8,11-12,14-17H,5-6,9-10,13,18-20H2,1-4H3,(H,28,31). The van der Waals surface area contributed by atoms with Gasteiger partial charge in [-0.15, -0.1) is 0 Å². The van der Waals surface area contributed by atoms with Crippen molar-refractivity contribution in [2.24, 2.45) is 5.41 Å². The summed E-state index contributed by atoms with van der Waals surface area (Å²) in [4.78, 5) is 16.8. The smallest absolute Gasteiger partial charge is 0.225 e. The molecular weight excluding hydrogens is 398 g/mol. The summed E-state index contributed by atoms with van der Waals surface area (Å²) in [5.74, 6) is 2.18. The SMILES string of the molecule is Cc1ccc(OCCCn2c(CCCCCNC(=O)C(C)(C)C)nc3ccccc32)cc1. The van der Waals surface area contributed by atoms with E-state index in [1.807, 2.05) is 39.0 Å². The fourth-order valence-electron chi connectivity index (χ4n) is 3.66. The minimum atomic E-state index is -0.325. The normalized spacial score (nSPS) is 11.6. The second-order valence-electron chi connectivity index (χ2n) is 9.50. The summed E-state index contributed by atoms with van der Waals surface area (Å²) in [5.41, 5.74) is 3.16. The molecule has 0 aliphatic carbocycles. The number of carbonyl (C=O) groups is 1. The maximum atomic E-state index is 12.0. The van der Waals surface area contributed by atoms with E-state index in [1.165, 1.54) is 11.1 Å². The number of aryl methyl sites for hydroxylation is 3. The number of ether oxygens (including phenoxy) is 1. The summed E-state index contributed by atoms with van der Waals surface area (Å²) in [6, 6.07) is 16.5. The minimum Gasteiger partial charge on any atom is -0.494 e. The van der Waals surface area contributed by atoms with E-state index < -0.39 is 0 Å². The van der Waals surface area contributed by atoms with E-state index in [0.29, 0.717) is 6.61 Å². The molecule has 1 heterocycles. The molecule has 0 aliphatic heterocycles.